The molecule has 1 saturated carbocycles. The molecule has 1 fully saturated rings. The highest BCUT2D eigenvalue weighted by molar-refractivity contribution is 4.82. The van der Waals surface area contributed by atoms with Crippen LogP contribution in [0.2, 0.25) is 0 Å². The fourth-order valence-corrected chi connectivity index (χ4v) is 2.58. The highest BCUT2D eigenvalue weighted by Crippen LogP contribution is 2.25. The van der Waals surface area contributed by atoms with Gasteiger partial charge in [0, 0.05) is 19.1 Å². The van der Waals surface area contributed by atoms with Gasteiger partial charge in [-0.2, -0.15) is 0 Å². The first-order valence-corrected chi connectivity index (χ1v) is 6.35. The molecule has 0 unspecified atom stereocenters. The van der Waals surface area contributed by atoms with Crippen LogP contribution in [-0.4, -0.2) is 34.7 Å². The SMILES string of the molecule is CC(C)CN(CC(C)(C)O)C1CCCC1. The van der Waals surface area contributed by atoms with Gasteiger partial charge in [-0.15, -0.1) is 0 Å². The highest BCUT2D eigenvalue weighted by atomic mass is 16.3. The Bertz CT molecular complexity index is 177. The largest absolute Gasteiger partial charge is 0.389 e. The highest BCUT2D eigenvalue weighted by Gasteiger charge is 2.27. The molecule has 1 aliphatic carbocycles. The molecule has 0 aromatic rings. The van der Waals surface area contributed by atoms with Crippen LogP contribution in [0.4, 0.5) is 0 Å². The molecule has 1 aliphatic rings. The van der Waals surface area contributed by atoms with E-state index < -0.39 is 5.60 Å². The summed E-state index contributed by atoms with van der Waals surface area (Å²) in [6.07, 6.45) is 5.38. The average Bonchev–Trinajstić information content (AvgIpc) is 2.50. The Morgan fingerprint density at radius 3 is 2.20 bits per heavy atom. The molecular weight excluding hydrogens is 186 g/mol. The van der Waals surface area contributed by atoms with Crippen LogP contribution in [-0.2, 0) is 0 Å². The van der Waals surface area contributed by atoms with E-state index in [9.17, 15) is 5.11 Å². The number of hydrogen-bond donors (Lipinski definition) is 1. The lowest BCUT2D eigenvalue weighted by Crippen LogP contribution is -2.45. The Morgan fingerprint density at radius 2 is 1.80 bits per heavy atom. The van der Waals surface area contributed by atoms with Crippen LogP contribution < -0.4 is 0 Å². The van der Waals surface area contributed by atoms with Gasteiger partial charge >= 0.3 is 0 Å². The molecule has 0 saturated heterocycles. The maximum Gasteiger partial charge on any atom is 0.0718 e. The van der Waals surface area contributed by atoms with Gasteiger partial charge in [0.15, 0.2) is 0 Å². The van der Waals surface area contributed by atoms with Crippen molar-refractivity contribution in [3.05, 3.63) is 0 Å². The molecule has 2 heteroatoms. The van der Waals surface area contributed by atoms with Crippen molar-refractivity contribution in [2.45, 2.75) is 65.0 Å². The molecule has 1 rings (SSSR count). The predicted molar refractivity (Wildman–Crippen MR) is 65.0 cm³/mol. The predicted octanol–water partition coefficient (Wildman–Crippen LogP) is 2.66. The molecule has 2 nitrogen and oxygen atoms in total. The summed E-state index contributed by atoms with van der Waals surface area (Å²) in [7, 11) is 0. The third-order valence-corrected chi connectivity index (χ3v) is 3.03. The minimum atomic E-state index is -0.558. The quantitative estimate of drug-likeness (QED) is 0.759. The summed E-state index contributed by atoms with van der Waals surface area (Å²) in [5.41, 5.74) is -0.558. The standard InChI is InChI=1S/C13H27NO/c1-11(2)9-14(10-13(3,4)15)12-7-5-6-8-12/h11-12,15H,5-10H2,1-4H3. The van der Waals surface area contributed by atoms with Crippen molar-refractivity contribution >= 4 is 0 Å². The molecule has 90 valence electrons. The molecule has 0 aromatic carbocycles. The maximum absolute atomic E-state index is 9.92. The van der Waals surface area contributed by atoms with Crippen molar-refractivity contribution in [1.29, 1.82) is 0 Å². The first-order chi connectivity index (χ1) is 6.88. The summed E-state index contributed by atoms with van der Waals surface area (Å²) in [5.74, 6) is 0.688. The number of aliphatic hydroxyl groups is 1. The lowest BCUT2D eigenvalue weighted by atomic mass is 10.0. The molecular formula is C13H27NO. The molecule has 0 amide bonds. The fourth-order valence-electron chi connectivity index (χ4n) is 2.58. The van der Waals surface area contributed by atoms with Gasteiger partial charge in [-0.3, -0.25) is 4.90 Å². The first-order valence-electron chi connectivity index (χ1n) is 6.35. The van der Waals surface area contributed by atoms with Crippen LogP contribution >= 0.6 is 0 Å². The van der Waals surface area contributed by atoms with E-state index in [4.69, 9.17) is 0 Å². The van der Waals surface area contributed by atoms with Gasteiger partial charge < -0.3 is 5.11 Å². The maximum atomic E-state index is 9.92. The van der Waals surface area contributed by atoms with Crippen molar-refractivity contribution in [1.82, 2.24) is 4.90 Å². The normalized spacial score (nSPS) is 19.4. The van der Waals surface area contributed by atoms with E-state index in [1.54, 1.807) is 0 Å². The van der Waals surface area contributed by atoms with E-state index in [-0.39, 0.29) is 0 Å². The summed E-state index contributed by atoms with van der Waals surface area (Å²) < 4.78 is 0. The fraction of sp³-hybridized carbons (Fsp3) is 1.00. The molecule has 0 bridgehead atoms. The summed E-state index contributed by atoms with van der Waals surface area (Å²) in [5, 5.41) is 9.92. The van der Waals surface area contributed by atoms with E-state index in [1.165, 1.54) is 25.7 Å². The molecule has 0 atom stereocenters. The van der Waals surface area contributed by atoms with Crippen molar-refractivity contribution in [2.75, 3.05) is 13.1 Å². The lowest BCUT2D eigenvalue weighted by Gasteiger charge is -2.34. The Kier molecular flexibility index (Phi) is 4.60. The molecule has 0 radical (unpaired) electrons. The second-order valence-corrected chi connectivity index (χ2v) is 6.07. The minimum absolute atomic E-state index is 0.558. The molecule has 0 aliphatic heterocycles. The Labute approximate surface area is 94.7 Å². The van der Waals surface area contributed by atoms with Gasteiger partial charge in [-0.1, -0.05) is 26.7 Å². The zero-order valence-corrected chi connectivity index (χ0v) is 10.8. The number of nitrogens with zero attached hydrogens (tertiary/aromatic N) is 1. The van der Waals surface area contributed by atoms with Crippen LogP contribution in [0.15, 0.2) is 0 Å². The van der Waals surface area contributed by atoms with E-state index in [1.807, 2.05) is 13.8 Å². The molecule has 0 spiro atoms. The second kappa shape index (κ2) is 5.31. The van der Waals surface area contributed by atoms with Crippen molar-refractivity contribution in [3.8, 4) is 0 Å². The number of hydrogen-bond acceptors (Lipinski definition) is 2. The minimum Gasteiger partial charge on any atom is -0.389 e. The monoisotopic (exact) mass is 213 g/mol. The van der Waals surface area contributed by atoms with E-state index in [2.05, 4.69) is 18.7 Å². The smallest absolute Gasteiger partial charge is 0.0718 e. The van der Waals surface area contributed by atoms with E-state index >= 15 is 0 Å². The topological polar surface area (TPSA) is 23.5 Å². The zero-order chi connectivity index (χ0) is 11.5. The zero-order valence-electron chi connectivity index (χ0n) is 10.8. The van der Waals surface area contributed by atoms with Gasteiger partial charge in [0.05, 0.1) is 5.60 Å². The average molecular weight is 213 g/mol. The van der Waals surface area contributed by atoms with Crippen LogP contribution in [0.1, 0.15) is 53.4 Å². The summed E-state index contributed by atoms with van der Waals surface area (Å²) in [6.45, 7) is 10.3. The van der Waals surface area contributed by atoms with Crippen LogP contribution in [0.25, 0.3) is 0 Å². The Hall–Kier alpha value is -0.0800. The van der Waals surface area contributed by atoms with Crippen molar-refractivity contribution in [3.63, 3.8) is 0 Å². The summed E-state index contributed by atoms with van der Waals surface area (Å²) in [4.78, 5) is 2.50. The van der Waals surface area contributed by atoms with Gasteiger partial charge in [0.25, 0.3) is 0 Å². The van der Waals surface area contributed by atoms with Crippen LogP contribution in [0.3, 0.4) is 0 Å². The molecule has 1 N–H and O–H groups in total. The van der Waals surface area contributed by atoms with E-state index in [0.717, 1.165) is 19.1 Å². The van der Waals surface area contributed by atoms with Crippen LogP contribution in [0.5, 0.6) is 0 Å². The first kappa shape index (κ1) is 13.0. The molecule has 0 heterocycles. The van der Waals surface area contributed by atoms with Gasteiger partial charge in [-0.05, 0) is 32.6 Å². The third kappa shape index (κ3) is 4.98. The molecule has 15 heavy (non-hydrogen) atoms. The second-order valence-electron chi connectivity index (χ2n) is 6.07. The van der Waals surface area contributed by atoms with Crippen molar-refractivity contribution < 1.29 is 5.11 Å². The molecule has 0 aromatic heterocycles. The van der Waals surface area contributed by atoms with Crippen molar-refractivity contribution in [2.24, 2.45) is 5.92 Å². The summed E-state index contributed by atoms with van der Waals surface area (Å²) >= 11 is 0. The van der Waals surface area contributed by atoms with Gasteiger partial charge in [0.2, 0.25) is 0 Å². The van der Waals surface area contributed by atoms with Crippen LogP contribution in [0, 0.1) is 5.92 Å². The lowest BCUT2D eigenvalue weighted by molar-refractivity contribution is 0.0169. The van der Waals surface area contributed by atoms with Gasteiger partial charge in [0.1, 0.15) is 0 Å². The third-order valence-electron chi connectivity index (χ3n) is 3.03. The Morgan fingerprint density at radius 1 is 1.27 bits per heavy atom. The number of rotatable bonds is 5. The van der Waals surface area contributed by atoms with Gasteiger partial charge in [-0.25, -0.2) is 0 Å². The van der Waals surface area contributed by atoms with E-state index in [0.29, 0.717) is 5.92 Å². The Balaban J connectivity index is 2.52. The summed E-state index contributed by atoms with van der Waals surface area (Å²) in [6, 6.07) is 0.721.